The number of amides is 4. The third-order valence-corrected chi connectivity index (χ3v) is 5.42. The predicted molar refractivity (Wildman–Crippen MR) is 131 cm³/mol. The molecule has 1 rings (SSSR count). The maximum atomic E-state index is 13.1. The number of nitrogens with two attached hydrogens (primary N) is 2. The molecule has 4 atom stereocenters. The van der Waals surface area contributed by atoms with Gasteiger partial charge in [0.2, 0.25) is 23.6 Å². The van der Waals surface area contributed by atoms with Crippen molar-refractivity contribution in [1.82, 2.24) is 16.0 Å². The number of thiol groups is 1. The van der Waals surface area contributed by atoms with E-state index in [4.69, 9.17) is 16.6 Å². The molecule has 0 aliphatic rings. The van der Waals surface area contributed by atoms with Crippen molar-refractivity contribution in [2.24, 2.45) is 11.5 Å². The van der Waals surface area contributed by atoms with Gasteiger partial charge in [0.25, 0.3) is 0 Å². The number of benzene rings is 1. The largest absolute Gasteiger partial charge is 0.481 e. The quantitative estimate of drug-likeness (QED) is 0.113. The second-order valence-electron chi connectivity index (χ2n) is 7.94. The van der Waals surface area contributed by atoms with E-state index in [2.05, 4.69) is 28.6 Å². The molecule has 4 unspecified atom stereocenters. The van der Waals surface area contributed by atoms with Gasteiger partial charge in [0, 0.05) is 25.0 Å². The van der Waals surface area contributed by atoms with E-state index in [0.717, 1.165) is 0 Å². The van der Waals surface area contributed by atoms with Crippen molar-refractivity contribution in [3.05, 3.63) is 35.9 Å². The average Bonchev–Trinajstić information content (AvgIpc) is 2.83. The number of primary amides is 1. The van der Waals surface area contributed by atoms with Gasteiger partial charge in [-0.2, -0.15) is 12.6 Å². The molecule has 0 saturated heterocycles. The Balaban J connectivity index is 3.10. The van der Waals surface area contributed by atoms with Crippen LogP contribution >= 0.6 is 12.6 Å². The summed E-state index contributed by atoms with van der Waals surface area (Å²) in [5.74, 6) is -5.88. The Morgan fingerprint density at radius 1 is 0.806 bits per heavy atom. The zero-order valence-corrected chi connectivity index (χ0v) is 20.3. The molecule has 1 aromatic rings. The van der Waals surface area contributed by atoms with Crippen LogP contribution in [0.4, 0.5) is 0 Å². The lowest BCUT2D eigenvalue weighted by molar-refractivity contribution is -0.143. The van der Waals surface area contributed by atoms with Crippen LogP contribution in [0.1, 0.15) is 31.2 Å². The highest BCUT2D eigenvalue weighted by Gasteiger charge is 2.30. The fourth-order valence-electron chi connectivity index (χ4n) is 3.05. The molecule has 36 heavy (non-hydrogen) atoms. The first-order chi connectivity index (χ1) is 16.9. The first-order valence-electron chi connectivity index (χ1n) is 11.0. The molecule has 14 heteroatoms. The third-order valence-electron chi connectivity index (χ3n) is 5.02. The summed E-state index contributed by atoms with van der Waals surface area (Å²) < 4.78 is 0. The van der Waals surface area contributed by atoms with E-state index in [1.165, 1.54) is 0 Å². The second kappa shape index (κ2) is 15.4. The van der Waals surface area contributed by atoms with Crippen LogP contribution < -0.4 is 27.4 Å². The number of hydrogen-bond donors (Lipinski definition) is 8. The van der Waals surface area contributed by atoms with Gasteiger partial charge in [-0.25, -0.2) is 4.79 Å². The molecule has 1 aromatic carbocycles. The predicted octanol–water partition coefficient (Wildman–Crippen LogP) is -1.84. The molecular formula is C22H31N5O8S. The highest BCUT2D eigenvalue weighted by atomic mass is 32.1. The normalized spacial score (nSPS) is 13.9. The lowest BCUT2D eigenvalue weighted by Gasteiger charge is -2.25. The standard InChI is InChI=1S/C22H31N5O8S/c23-13(11-36)19(31)27-16(10-12-4-2-1-3-5-12)21(33)25-14(6-8-17(24)28)20(32)26-15(22(34)35)7-9-18(29)30/h1-5,13-16,36H,6-11,23H2,(H2,24,28)(H,25,33)(H,26,32)(H,27,31)(H,29,30)(H,34,35). The van der Waals surface area contributed by atoms with E-state index in [1.54, 1.807) is 30.3 Å². The van der Waals surface area contributed by atoms with Gasteiger partial charge in [0.05, 0.1) is 6.04 Å². The number of carbonyl (C=O) groups excluding carboxylic acids is 4. The highest BCUT2D eigenvalue weighted by Crippen LogP contribution is 2.07. The van der Waals surface area contributed by atoms with Crippen LogP contribution in [0.15, 0.2) is 30.3 Å². The monoisotopic (exact) mass is 525 g/mol. The number of carboxylic acids is 2. The molecule has 4 amide bonds. The van der Waals surface area contributed by atoms with Crippen LogP contribution in [-0.2, 0) is 35.2 Å². The van der Waals surface area contributed by atoms with Gasteiger partial charge in [0.1, 0.15) is 18.1 Å². The van der Waals surface area contributed by atoms with Crippen molar-refractivity contribution in [3.63, 3.8) is 0 Å². The van der Waals surface area contributed by atoms with Crippen LogP contribution in [0, 0.1) is 0 Å². The second-order valence-corrected chi connectivity index (χ2v) is 8.30. The van der Waals surface area contributed by atoms with Gasteiger partial charge in [-0.3, -0.25) is 24.0 Å². The van der Waals surface area contributed by atoms with Crippen molar-refractivity contribution in [3.8, 4) is 0 Å². The summed E-state index contributed by atoms with van der Waals surface area (Å²) in [6.07, 6.45) is -1.46. The first-order valence-corrected chi connectivity index (χ1v) is 11.6. The molecule has 198 valence electrons. The Kier molecular flexibility index (Phi) is 13.0. The van der Waals surface area contributed by atoms with E-state index in [0.29, 0.717) is 5.56 Å². The lowest BCUT2D eigenvalue weighted by Crippen LogP contribution is -2.58. The van der Waals surface area contributed by atoms with Crippen molar-refractivity contribution in [2.75, 3.05) is 5.75 Å². The van der Waals surface area contributed by atoms with Gasteiger partial charge < -0.3 is 37.6 Å². The Morgan fingerprint density at radius 2 is 1.33 bits per heavy atom. The fraction of sp³-hybridized carbons (Fsp3) is 0.455. The van der Waals surface area contributed by atoms with E-state index in [1.807, 2.05) is 0 Å². The molecule has 9 N–H and O–H groups in total. The summed E-state index contributed by atoms with van der Waals surface area (Å²) >= 11 is 3.97. The molecule has 0 spiro atoms. The summed E-state index contributed by atoms with van der Waals surface area (Å²) in [5, 5.41) is 25.2. The molecule has 0 radical (unpaired) electrons. The SMILES string of the molecule is NC(=O)CCC(NC(=O)C(Cc1ccccc1)NC(=O)C(N)CS)C(=O)NC(CCC(=O)O)C(=O)O. The minimum absolute atomic E-state index is 0.0159. The molecule has 13 nitrogen and oxygen atoms in total. The Hall–Kier alpha value is -3.65. The van der Waals surface area contributed by atoms with E-state index in [9.17, 15) is 33.9 Å². The van der Waals surface area contributed by atoms with E-state index >= 15 is 0 Å². The molecule has 0 saturated carbocycles. The Bertz CT molecular complexity index is 946. The van der Waals surface area contributed by atoms with Crippen LogP contribution in [-0.4, -0.2) is 75.7 Å². The smallest absolute Gasteiger partial charge is 0.326 e. The number of aliphatic carboxylic acids is 2. The molecule has 0 aliphatic carbocycles. The molecule has 0 bridgehead atoms. The van der Waals surface area contributed by atoms with Gasteiger partial charge in [0.15, 0.2) is 0 Å². The minimum atomic E-state index is -1.55. The van der Waals surface area contributed by atoms with Crippen molar-refractivity contribution in [2.45, 2.75) is 56.3 Å². The lowest BCUT2D eigenvalue weighted by atomic mass is 10.0. The van der Waals surface area contributed by atoms with Gasteiger partial charge in [-0.1, -0.05) is 30.3 Å². The van der Waals surface area contributed by atoms with Gasteiger partial charge in [-0.15, -0.1) is 0 Å². The molecule has 0 aromatic heterocycles. The fourth-order valence-corrected chi connectivity index (χ4v) is 3.21. The molecular weight excluding hydrogens is 494 g/mol. The van der Waals surface area contributed by atoms with Crippen LogP contribution in [0.3, 0.4) is 0 Å². The van der Waals surface area contributed by atoms with Crippen molar-refractivity contribution >= 4 is 48.2 Å². The Labute approximate surface area is 212 Å². The maximum Gasteiger partial charge on any atom is 0.326 e. The third kappa shape index (κ3) is 11.2. The van der Waals surface area contributed by atoms with Crippen molar-refractivity contribution < 1.29 is 39.0 Å². The topological polar surface area (TPSA) is 231 Å². The number of rotatable bonds is 16. The summed E-state index contributed by atoms with van der Waals surface area (Å²) in [4.78, 5) is 71.8. The summed E-state index contributed by atoms with van der Waals surface area (Å²) in [7, 11) is 0. The van der Waals surface area contributed by atoms with Gasteiger partial charge >= 0.3 is 11.9 Å². The van der Waals surface area contributed by atoms with Crippen LogP contribution in [0.25, 0.3) is 0 Å². The highest BCUT2D eigenvalue weighted by molar-refractivity contribution is 7.80. The zero-order chi connectivity index (χ0) is 27.3. The molecule has 0 fully saturated rings. The first kappa shape index (κ1) is 30.4. The number of carboxylic acid groups (broad SMARTS) is 2. The summed E-state index contributed by atoms with van der Waals surface area (Å²) in [6, 6.07) is 3.57. The number of nitrogens with one attached hydrogen (secondary N) is 3. The van der Waals surface area contributed by atoms with Crippen molar-refractivity contribution in [1.29, 1.82) is 0 Å². The average molecular weight is 526 g/mol. The van der Waals surface area contributed by atoms with E-state index < -0.39 is 72.6 Å². The number of hydrogen-bond acceptors (Lipinski definition) is 8. The maximum absolute atomic E-state index is 13.1. The van der Waals surface area contributed by atoms with Crippen LogP contribution in [0.2, 0.25) is 0 Å². The Morgan fingerprint density at radius 3 is 1.86 bits per heavy atom. The molecule has 0 heterocycles. The number of carbonyl (C=O) groups is 6. The van der Waals surface area contributed by atoms with E-state index in [-0.39, 0.29) is 25.0 Å². The molecule has 0 aliphatic heterocycles. The van der Waals surface area contributed by atoms with Gasteiger partial charge in [-0.05, 0) is 18.4 Å². The van der Waals surface area contributed by atoms with Crippen LogP contribution in [0.5, 0.6) is 0 Å². The zero-order valence-electron chi connectivity index (χ0n) is 19.4. The summed E-state index contributed by atoms with van der Waals surface area (Å²) in [5.41, 5.74) is 11.5. The summed E-state index contributed by atoms with van der Waals surface area (Å²) in [6.45, 7) is 0. The minimum Gasteiger partial charge on any atom is -0.481 e.